The molecule has 0 spiro atoms. The predicted octanol–water partition coefficient (Wildman–Crippen LogP) is 2.46. The lowest BCUT2D eigenvalue weighted by Gasteiger charge is -2.16. The SMILES string of the molecule is CC1CCc2sc(N)cc2C1. The van der Waals surface area contributed by atoms with Crippen LogP contribution in [0.5, 0.6) is 0 Å². The minimum atomic E-state index is 0.858. The summed E-state index contributed by atoms with van der Waals surface area (Å²) in [7, 11) is 0. The molecule has 1 aromatic rings. The van der Waals surface area contributed by atoms with Crippen molar-refractivity contribution in [1.29, 1.82) is 0 Å². The highest BCUT2D eigenvalue weighted by Gasteiger charge is 2.16. The number of aryl methyl sites for hydroxylation is 1. The van der Waals surface area contributed by atoms with Gasteiger partial charge in [0, 0.05) is 4.88 Å². The minimum absolute atomic E-state index is 0.858. The third-order valence-electron chi connectivity index (χ3n) is 2.35. The molecule has 60 valence electrons. The Kier molecular flexibility index (Phi) is 1.64. The maximum absolute atomic E-state index is 5.72. The van der Waals surface area contributed by atoms with Crippen LogP contribution in [0.15, 0.2) is 6.07 Å². The summed E-state index contributed by atoms with van der Waals surface area (Å²) in [5, 5.41) is 0.990. The fraction of sp³-hybridized carbons (Fsp3) is 0.556. The Labute approximate surface area is 71.2 Å². The molecule has 1 atom stereocenters. The number of fused-ring (bicyclic) bond motifs is 1. The lowest BCUT2D eigenvalue weighted by atomic mass is 9.90. The second-order valence-corrected chi connectivity index (χ2v) is 4.61. The summed E-state index contributed by atoms with van der Waals surface area (Å²) in [6.07, 6.45) is 3.83. The molecule has 0 fully saturated rings. The fourth-order valence-corrected chi connectivity index (χ4v) is 2.71. The maximum atomic E-state index is 5.72. The molecule has 2 heteroatoms. The number of hydrogen-bond acceptors (Lipinski definition) is 2. The zero-order valence-electron chi connectivity index (χ0n) is 6.76. The van der Waals surface area contributed by atoms with E-state index < -0.39 is 0 Å². The summed E-state index contributed by atoms with van der Waals surface area (Å²) in [6.45, 7) is 2.32. The monoisotopic (exact) mass is 167 g/mol. The highest BCUT2D eigenvalue weighted by atomic mass is 32.1. The van der Waals surface area contributed by atoms with Crippen molar-refractivity contribution < 1.29 is 0 Å². The minimum Gasteiger partial charge on any atom is -0.391 e. The van der Waals surface area contributed by atoms with Gasteiger partial charge in [0.25, 0.3) is 0 Å². The average molecular weight is 167 g/mol. The van der Waals surface area contributed by atoms with Gasteiger partial charge in [0.1, 0.15) is 0 Å². The summed E-state index contributed by atoms with van der Waals surface area (Å²) in [5.41, 5.74) is 7.23. The van der Waals surface area contributed by atoms with E-state index in [2.05, 4.69) is 13.0 Å². The van der Waals surface area contributed by atoms with Crippen molar-refractivity contribution in [3.05, 3.63) is 16.5 Å². The Morgan fingerprint density at radius 2 is 2.45 bits per heavy atom. The number of rotatable bonds is 0. The van der Waals surface area contributed by atoms with Crippen molar-refractivity contribution in [3.8, 4) is 0 Å². The van der Waals surface area contributed by atoms with Crippen LogP contribution in [-0.4, -0.2) is 0 Å². The zero-order valence-corrected chi connectivity index (χ0v) is 7.58. The average Bonchev–Trinajstić information content (AvgIpc) is 2.27. The van der Waals surface area contributed by atoms with Gasteiger partial charge in [-0.2, -0.15) is 0 Å². The van der Waals surface area contributed by atoms with Crippen LogP contribution in [0.1, 0.15) is 23.8 Å². The molecule has 1 heterocycles. The Hall–Kier alpha value is -0.500. The highest BCUT2D eigenvalue weighted by molar-refractivity contribution is 7.16. The van der Waals surface area contributed by atoms with Crippen molar-refractivity contribution in [3.63, 3.8) is 0 Å². The Balaban J connectivity index is 2.34. The summed E-state index contributed by atoms with van der Waals surface area (Å²) in [5.74, 6) is 0.858. The molecule has 0 aromatic carbocycles. The molecular weight excluding hydrogens is 154 g/mol. The van der Waals surface area contributed by atoms with Gasteiger partial charge in [-0.25, -0.2) is 0 Å². The lowest BCUT2D eigenvalue weighted by Crippen LogP contribution is -2.07. The van der Waals surface area contributed by atoms with Crippen LogP contribution in [0, 0.1) is 5.92 Å². The molecular formula is C9H13NS. The summed E-state index contributed by atoms with van der Waals surface area (Å²) in [6, 6.07) is 2.15. The maximum Gasteiger partial charge on any atom is 0.0862 e. The van der Waals surface area contributed by atoms with Gasteiger partial charge in [-0.15, -0.1) is 11.3 Å². The van der Waals surface area contributed by atoms with Gasteiger partial charge < -0.3 is 5.73 Å². The van der Waals surface area contributed by atoms with Crippen LogP contribution in [0.2, 0.25) is 0 Å². The second kappa shape index (κ2) is 2.52. The van der Waals surface area contributed by atoms with Gasteiger partial charge in [0.15, 0.2) is 0 Å². The third kappa shape index (κ3) is 1.27. The number of anilines is 1. The third-order valence-corrected chi connectivity index (χ3v) is 3.41. The molecule has 1 unspecified atom stereocenters. The first-order valence-corrected chi connectivity index (χ1v) is 4.94. The quantitative estimate of drug-likeness (QED) is 0.631. The Morgan fingerprint density at radius 3 is 3.27 bits per heavy atom. The molecule has 1 aliphatic rings. The molecule has 2 rings (SSSR count). The number of hydrogen-bond donors (Lipinski definition) is 1. The van der Waals surface area contributed by atoms with E-state index in [1.54, 1.807) is 11.3 Å². The van der Waals surface area contributed by atoms with Crippen LogP contribution < -0.4 is 5.73 Å². The normalized spacial score (nSPS) is 23.2. The first kappa shape index (κ1) is 7.17. The van der Waals surface area contributed by atoms with Crippen molar-refractivity contribution >= 4 is 16.3 Å². The predicted molar refractivity (Wildman–Crippen MR) is 49.9 cm³/mol. The molecule has 1 nitrogen and oxygen atoms in total. The lowest BCUT2D eigenvalue weighted by molar-refractivity contribution is 0.506. The first-order chi connectivity index (χ1) is 5.25. The molecule has 0 aliphatic heterocycles. The Bertz CT molecular complexity index is 265. The van der Waals surface area contributed by atoms with E-state index in [1.165, 1.54) is 29.7 Å². The number of thiophene rings is 1. The van der Waals surface area contributed by atoms with E-state index in [1.807, 2.05) is 0 Å². The molecule has 2 N–H and O–H groups in total. The van der Waals surface area contributed by atoms with Gasteiger partial charge >= 0.3 is 0 Å². The number of nitrogen functional groups attached to an aromatic ring is 1. The van der Waals surface area contributed by atoms with Crippen molar-refractivity contribution in [2.75, 3.05) is 5.73 Å². The largest absolute Gasteiger partial charge is 0.391 e. The molecule has 11 heavy (non-hydrogen) atoms. The standard InChI is InChI=1S/C9H13NS/c1-6-2-3-8-7(4-6)5-9(10)11-8/h5-6H,2-4,10H2,1H3. The van der Waals surface area contributed by atoms with E-state index >= 15 is 0 Å². The van der Waals surface area contributed by atoms with Gasteiger partial charge in [-0.05, 0) is 36.8 Å². The van der Waals surface area contributed by atoms with Crippen molar-refractivity contribution in [1.82, 2.24) is 0 Å². The van der Waals surface area contributed by atoms with E-state index in [-0.39, 0.29) is 0 Å². The van der Waals surface area contributed by atoms with E-state index in [0.717, 1.165) is 10.9 Å². The molecule has 0 saturated carbocycles. The molecule has 1 aliphatic carbocycles. The fourth-order valence-electron chi connectivity index (χ4n) is 1.73. The summed E-state index contributed by atoms with van der Waals surface area (Å²) < 4.78 is 0. The van der Waals surface area contributed by atoms with E-state index in [4.69, 9.17) is 5.73 Å². The van der Waals surface area contributed by atoms with Crippen LogP contribution in [0.3, 0.4) is 0 Å². The first-order valence-electron chi connectivity index (χ1n) is 4.13. The van der Waals surface area contributed by atoms with Gasteiger partial charge in [-0.1, -0.05) is 6.92 Å². The van der Waals surface area contributed by atoms with Crippen LogP contribution in [0.25, 0.3) is 0 Å². The molecule has 1 aromatic heterocycles. The topological polar surface area (TPSA) is 26.0 Å². The van der Waals surface area contributed by atoms with Gasteiger partial charge in [0.05, 0.1) is 5.00 Å². The molecule has 0 amide bonds. The zero-order chi connectivity index (χ0) is 7.84. The second-order valence-electron chi connectivity index (χ2n) is 3.45. The van der Waals surface area contributed by atoms with Crippen molar-refractivity contribution in [2.24, 2.45) is 5.92 Å². The van der Waals surface area contributed by atoms with Crippen LogP contribution in [-0.2, 0) is 12.8 Å². The number of nitrogens with two attached hydrogens (primary N) is 1. The van der Waals surface area contributed by atoms with Crippen LogP contribution in [0.4, 0.5) is 5.00 Å². The highest BCUT2D eigenvalue weighted by Crippen LogP contribution is 2.33. The molecule has 0 saturated heterocycles. The summed E-state index contributed by atoms with van der Waals surface area (Å²) >= 11 is 1.77. The van der Waals surface area contributed by atoms with Gasteiger partial charge in [-0.3, -0.25) is 0 Å². The Morgan fingerprint density at radius 1 is 1.64 bits per heavy atom. The summed E-state index contributed by atoms with van der Waals surface area (Å²) in [4.78, 5) is 1.53. The molecule has 0 radical (unpaired) electrons. The van der Waals surface area contributed by atoms with E-state index in [9.17, 15) is 0 Å². The van der Waals surface area contributed by atoms with E-state index in [0.29, 0.717) is 0 Å². The van der Waals surface area contributed by atoms with Gasteiger partial charge in [0.2, 0.25) is 0 Å². The van der Waals surface area contributed by atoms with Crippen molar-refractivity contribution in [2.45, 2.75) is 26.2 Å². The smallest absolute Gasteiger partial charge is 0.0862 e. The molecule has 0 bridgehead atoms. The van der Waals surface area contributed by atoms with Crippen LogP contribution >= 0.6 is 11.3 Å².